The summed E-state index contributed by atoms with van der Waals surface area (Å²) in [7, 11) is -3.50. The van der Waals surface area contributed by atoms with Gasteiger partial charge in [0.25, 0.3) is 5.91 Å². The second kappa shape index (κ2) is 10.6. The third-order valence-corrected chi connectivity index (χ3v) is 8.52. The maximum absolute atomic E-state index is 12.9. The van der Waals surface area contributed by atoms with Gasteiger partial charge in [0.2, 0.25) is 10.0 Å². The van der Waals surface area contributed by atoms with Crippen molar-refractivity contribution >= 4 is 21.6 Å². The summed E-state index contributed by atoms with van der Waals surface area (Å²) in [4.78, 5) is 15.3. The van der Waals surface area contributed by atoms with Crippen LogP contribution in [-0.2, 0) is 21.3 Å². The molecule has 2 aromatic carbocycles. The zero-order chi connectivity index (χ0) is 24.3. The molecule has 2 fully saturated rings. The Balaban J connectivity index is 1.34. The minimum Gasteiger partial charge on any atom is -0.373 e. The van der Waals surface area contributed by atoms with Crippen molar-refractivity contribution in [2.24, 2.45) is 5.92 Å². The number of piperidine rings is 1. The van der Waals surface area contributed by atoms with Crippen molar-refractivity contribution in [3.05, 3.63) is 59.7 Å². The molecule has 0 radical (unpaired) electrons. The van der Waals surface area contributed by atoms with Crippen LogP contribution >= 0.6 is 0 Å². The van der Waals surface area contributed by atoms with Crippen molar-refractivity contribution in [1.29, 1.82) is 0 Å². The molecule has 2 aliphatic heterocycles. The number of hydrogen-bond acceptors (Lipinski definition) is 5. The Morgan fingerprint density at radius 2 is 1.53 bits per heavy atom. The molecule has 2 heterocycles. The molecule has 0 saturated carbocycles. The molecule has 2 unspecified atom stereocenters. The van der Waals surface area contributed by atoms with Gasteiger partial charge >= 0.3 is 0 Å². The summed E-state index contributed by atoms with van der Waals surface area (Å²) in [5.74, 6) is 0.339. The molecule has 2 saturated heterocycles. The Labute approximate surface area is 203 Å². The van der Waals surface area contributed by atoms with E-state index in [-0.39, 0.29) is 23.0 Å². The molecule has 8 heteroatoms. The van der Waals surface area contributed by atoms with Crippen LogP contribution in [0.15, 0.2) is 53.4 Å². The van der Waals surface area contributed by atoms with Gasteiger partial charge in [-0.1, -0.05) is 19.1 Å². The first kappa shape index (κ1) is 24.9. The average molecular weight is 486 g/mol. The molecule has 1 amide bonds. The Hall–Kier alpha value is -2.26. The number of ether oxygens (including phenoxy) is 1. The van der Waals surface area contributed by atoms with Crippen LogP contribution < -0.4 is 5.32 Å². The summed E-state index contributed by atoms with van der Waals surface area (Å²) in [6, 6.07) is 14.0. The Morgan fingerprint density at radius 3 is 2.12 bits per heavy atom. The average Bonchev–Trinajstić information content (AvgIpc) is 2.79. The standard InChI is InChI=1S/C26H35N3O4S/c1-19-12-14-29(15-13-19)34(31,32)25-10-8-24(9-11-25)27-26(30)23-6-4-22(5-7-23)18-28-16-20(2)33-21(3)17-28/h4-11,19-21H,12-18H2,1-3H3,(H,27,30). The lowest BCUT2D eigenvalue weighted by atomic mass is 10.0. The molecule has 0 spiro atoms. The van der Waals surface area contributed by atoms with Gasteiger partial charge < -0.3 is 10.1 Å². The minimum absolute atomic E-state index is 0.221. The monoisotopic (exact) mass is 485 g/mol. The summed E-state index contributed by atoms with van der Waals surface area (Å²) in [5.41, 5.74) is 2.28. The minimum atomic E-state index is -3.50. The highest BCUT2D eigenvalue weighted by Crippen LogP contribution is 2.24. The molecular formula is C26H35N3O4S. The van der Waals surface area contributed by atoms with Crippen LogP contribution in [0.5, 0.6) is 0 Å². The van der Waals surface area contributed by atoms with E-state index in [2.05, 4.69) is 31.0 Å². The molecule has 0 aromatic heterocycles. The predicted molar refractivity (Wildman–Crippen MR) is 133 cm³/mol. The largest absolute Gasteiger partial charge is 0.373 e. The summed E-state index contributed by atoms with van der Waals surface area (Å²) in [6.45, 7) is 10.1. The number of nitrogens with one attached hydrogen (secondary N) is 1. The number of morpholine rings is 1. The van der Waals surface area contributed by atoms with Gasteiger partial charge in [-0.05, 0) is 74.6 Å². The highest BCUT2D eigenvalue weighted by atomic mass is 32.2. The number of anilines is 1. The van der Waals surface area contributed by atoms with Gasteiger partial charge in [-0.2, -0.15) is 4.31 Å². The summed E-state index contributed by atoms with van der Waals surface area (Å²) in [6.07, 6.45) is 2.21. The molecule has 2 atom stereocenters. The lowest BCUT2D eigenvalue weighted by molar-refractivity contribution is -0.0704. The normalized spacial score (nSPS) is 23.0. The molecular weight excluding hydrogens is 450 g/mol. The van der Waals surface area contributed by atoms with E-state index in [9.17, 15) is 13.2 Å². The number of sulfonamides is 1. The van der Waals surface area contributed by atoms with Gasteiger partial charge in [0.05, 0.1) is 17.1 Å². The quantitative estimate of drug-likeness (QED) is 0.670. The molecule has 34 heavy (non-hydrogen) atoms. The van der Waals surface area contributed by atoms with Crippen LogP contribution in [-0.4, -0.2) is 61.9 Å². The van der Waals surface area contributed by atoms with Crippen molar-refractivity contribution in [3.63, 3.8) is 0 Å². The van der Waals surface area contributed by atoms with Gasteiger partial charge in [-0.25, -0.2) is 8.42 Å². The van der Waals surface area contributed by atoms with Gasteiger partial charge in [0.1, 0.15) is 0 Å². The zero-order valence-corrected chi connectivity index (χ0v) is 21.1. The van der Waals surface area contributed by atoms with Crippen molar-refractivity contribution in [2.75, 3.05) is 31.5 Å². The lowest BCUT2D eigenvalue weighted by Crippen LogP contribution is -2.44. The highest BCUT2D eigenvalue weighted by Gasteiger charge is 2.28. The molecule has 184 valence electrons. The van der Waals surface area contributed by atoms with E-state index in [1.165, 1.54) is 0 Å². The second-order valence-electron chi connectivity index (χ2n) is 9.71. The van der Waals surface area contributed by atoms with E-state index in [0.717, 1.165) is 38.0 Å². The van der Waals surface area contributed by atoms with Crippen molar-refractivity contribution < 1.29 is 17.9 Å². The van der Waals surface area contributed by atoms with Crippen LogP contribution in [0.4, 0.5) is 5.69 Å². The maximum atomic E-state index is 12.9. The summed E-state index contributed by atoms with van der Waals surface area (Å²) < 4.78 is 33.1. The number of carbonyl (C=O) groups excluding carboxylic acids is 1. The zero-order valence-electron chi connectivity index (χ0n) is 20.2. The van der Waals surface area contributed by atoms with Gasteiger partial charge in [-0.3, -0.25) is 9.69 Å². The van der Waals surface area contributed by atoms with Gasteiger partial charge in [0.15, 0.2) is 0 Å². The fourth-order valence-electron chi connectivity index (χ4n) is 4.72. The van der Waals surface area contributed by atoms with Crippen LogP contribution in [0.2, 0.25) is 0 Å². The number of rotatable bonds is 6. The Bertz CT molecular complexity index is 1070. The van der Waals surface area contributed by atoms with E-state index in [1.54, 1.807) is 28.6 Å². The van der Waals surface area contributed by atoms with Crippen molar-refractivity contribution in [1.82, 2.24) is 9.21 Å². The molecule has 4 rings (SSSR count). The molecule has 0 aliphatic carbocycles. The van der Waals surface area contributed by atoms with Gasteiger partial charge in [-0.15, -0.1) is 0 Å². The smallest absolute Gasteiger partial charge is 0.255 e. The number of carbonyl (C=O) groups is 1. The first-order valence-electron chi connectivity index (χ1n) is 12.1. The highest BCUT2D eigenvalue weighted by molar-refractivity contribution is 7.89. The molecule has 0 bridgehead atoms. The van der Waals surface area contributed by atoms with E-state index >= 15 is 0 Å². The molecule has 2 aliphatic rings. The number of benzene rings is 2. The van der Waals surface area contributed by atoms with Crippen molar-refractivity contribution in [3.8, 4) is 0 Å². The van der Waals surface area contributed by atoms with E-state index in [0.29, 0.717) is 30.3 Å². The first-order valence-corrected chi connectivity index (χ1v) is 13.5. The molecule has 2 aromatic rings. The SMILES string of the molecule is CC1CCN(S(=O)(=O)c2ccc(NC(=O)c3ccc(CN4CC(C)OC(C)C4)cc3)cc2)CC1. The fourth-order valence-corrected chi connectivity index (χ4v) is 6.19. The third-order valence-electron chi connectivity index (χ3n) is 6.61. The van der Waals surface area contributed by atoms with Crippen molar-refractivity contribution in [2.45, 2.75) is 57.3 Å². The van der Waals surface area contributed by atoms with Crippen LogP contribution in [0.25, 0.3) is 0 Å². The van der Waals surface area contributed by atoms with Gasteiger partial charge in [0, 0.05) is 44.0 Å². The van der Waals surface area contributed by atoms with Crippen LogP contribution in [0, 0.1) is 5.92 Å². The number of hydrogen-bond donors (Lipinski definition) is 1. The molecule has 1 N–H and O–H groups in total. The third kappa shape index (κ3) is 6.05. The number of amides is 1. The fraction of sp³-hybridized carbons (Fsp3) is 0.500. The maximum Gasteiger partial charge on any atom is 0.255 e. The second-order valence-corrected chi connectivity index (χ2v) is 11.7. The van der Waals surface area contributed by atoms with E-state index in [1.807, 2.05) is 24.3 Å². The first-order chi connectivity index (χ1) is 16.2. The predicted octanol–water partition coefficient (Wildman–Crippen LogP) is 3.97. The molecule has 7 nitrogen and oxygen atoms in total. The Kier molecular flexibility index (Phi) is 7.72. The summed E-state index contributed by atoms with van der Waals surface area (Å²) in [5, 5.41) is 2.86. The lowest BCUT2D eigenvalue weighted by Gasteiger charge is -2.35. The van der Waals surface area contributed by atoms with E-state index < -0.39 is 10.0 Å². The summed E-state index contributed by atoms with van der Waals surface area (Å²) >= 11 is 0. The number of nitrogens with zero attached hydrogens (tertiary/aromatic N) is 2. The van der Waals surface area contributed by atoms with Crippen LogP contribution in [0.3, 0.4) is 0 Å². The van der Waals surface area contributed by atoms with E-state index in [4.69, 9.17) is 4.74 Å². The van der Waals surface area contributed by atoms with Crippen LogP contribution in [0.1, 0.15) is 49.5 Å². The Morgan fingerprint density at radius 1 is 0.941 bits per heavy atom. The topological polar surface area (TPSA) is 79.0 Å².